The zero-order valence-electron chi connectivity index (χ0n) is 25.6. The molecule has 1 aromatic carbocycles. The molecule has 2 aromatic heterocycles. The normalized spacial score (nSPS) is 21.0. The molecule has 0 aliphatic carbocycles. The Bertz CT molecular complexity index is 1600. The molecule has 4 atom stereocenters. The van der Waals surface area contributed by atoms with Crippen molar-refractivity contribution in [2.75, 3.05) is 25.6 Å². The number of imidazole rings is 1. The molecule has 0 unspecified atom stereocenters. The van der Waals surface area contributed by atoms with E-state index in [1.807, 2.05) is 0 Å². The van der Waals surface area contributed by atoms with Gasteiger partial charge in [-0.2, -0.15) is 9.97 Å². The van der Waals surface area contributed by atoms with Crippen LogP contribution in [0.5, 0.6) is 0 Å². The predicted molar refractivity (Wildman–Crippen MR) is 161 cm³/mol. The quantitative estimate of drug-likeness (QED) is 0.0924. The third kappa shape index (κ3) is 6.66. The van der Waals surface area contributed by atoms with Gasteiger partial charge >= 0.3 is 23.9 Å². The molecule has 246 valence electrons. The predicted octanol–water partition coefficient (Wildman–Crippen LogP) is 2.50. The minimum Gasteiger partial charge on any atom is -0.463 e. The van der Waals surface area contributed by atoms with E-state index in [4.69, 9.17) is 45.8 Å². The lowest BCUT2D eigenvalue weighted by Gasteiger charge is -2.36. The van der Waals surface area contributed by atoms with Crippen molar-refractivity contribution >= 4 is 52.5 Å². The topological polar surface area (TPSA) is 193 Å². The Balaban J connectivity index is 1.85. The number of carbonyl (C=O) groups is 4. The van der Waals surface area contributed by atoms with Crippen LogP contribution in [0.25, 0.3) is 11.2 Å². The first-order valence-corrected chi connectivity index (χ1v) is 14.6. The summed E-state index contributed by atoms with van der Waals surface area (Å²) in [7, 11) is 0. The van der Waals surface area contributed by atoms with E-state index >= 15 is 0 Å². The van der Waals surface area contributed by atoms with Gasteiger partial charge in [-0.1, -0.05) is 36.9 Å². The lowest BCUT2D eigenvalue weighted by atomic mass is 9.90. The maximum absolute atomic E-state index is 13.6. The molecule has 15 nitrogen and oxygen atoms in total. The Labute approximate surface area is 268 Å². The standard InChI is InChI=1S/C30H34ClN5O10/c1-6-29(46-18(5)38)20(15-43-30(26(39)41-7-2,27(40)42-8-3)14-19-12-10-9-11-13-19)45-25(22(29)44-17(4)37)36-16-33-21-23(32)34-28(31)35-24(21)36/h6,9-13,16,20,22,25H,1,7-8,14-15H2,2-5H3,(H2,32,34,35)/t20-,22+,25-,29-/m1/s1. The van der Waals surface area contributed by atoms with Crippen LogP contribution in [0.15, 0.2) is 49.3 Å². The molecule has 0 spiro atoms. The van der Waals surface area contributed by atoms with Crippen molar-refractivity contribution in [3.63, 3.8) is 0 Å². The van der Waals surface area contributed by atoms with Gasteiger partial charge in [0, 0.05) is 20.3 Å². The van der Waals surface area contributed by atoms with E-state index in [9.17, 15) is 19.2 Å². The number of carbonyl (C=O) groups excluding carboxylic acids is 4. The highest BCUT2D eigenvalue weighted by Crippen LogP contribution is 2.45. The molecular weight excluding hydrogens is 626 g/mol. The van der Waals surface area contributed by atoms with Crippen LogP contribution >= 0.6 is 11.6 Å². The van der Waals surface area contributed by atoms with Crippen LogP contribution in [0.3, 0.4) is 0 Å². The van der Waals surface area contributed by atoms with Gasteiger partial charge in [0.25, 0.3) is 5.60 Å². The van der Waals surface area contributed by atoms with E-state index in [1.165, 1.54) is 17.0 Å². The Morgan fingerprint density at radius 3 is 2.30 bits per heavy atom. The smallest absolute Gasteiger partial charge is 0.350 e. The summed E-state index contributed by atoms with van der Waals surface area (Å²) in [6.07, 6.45) is -1.81. The molecule has 0 saturated carbocycles. The molecule has 0 radical (unpaired) electrons. The highest BCUT2D eigenvalue weighted by Gasteiger charge is 2.62. The van der Waals surface area contributed by atoms with Crippen molar-refractivity contribution in [1.82, 2.24) is 19.5 Å². The second kappa shape index (κ2) is 14.2. The minimum absolute atomic E-state index is 0.0276. The monoisotopic (exact) mass is 659 g/mol. The van der Waals surface area contributed by atoms with E-state index in [1.54, 1.807) is 44.2 Å². The number of hydrogen-bond acceptors (Lipinski definition) is 14. The summed E-state index contributed by atoms with van der Waals surface area (Å²) in [5.41, 5.74) is 2.58. The first-order valence-electron chi connectivity index (χ1n) is 14.3. The van der Waals surface area contributed by atoms with Gasteiger partial charge in [0.05, 0.1) is 26.1 Å². The molecular formula is C30H34ClN5O10. The van der Waals surface area contributed by atoms with Gasteiger partial charge in [-0.3, -0.25) is 14.2 Å². The van der Waals surface area contributed by atoms with Crippen LogP contribution in [0.2, 0.25) is 5.28 Å². The second-order valence-electron chi connectivity index (χ2n) is 10.1. The summed E-state index contributed by atoms with van der Waals surface area (Å²) in [4.78, 5) is 64.4. The summed E-state index contributed by atoms with van der Waals surface area (Å²) < 4.78 is 36.0. The van der Waals surface area contributed by atoms with Crippen molar-refractivity contribution < 1.29 is 47.6 Å². The number of fused-ring (bicyclic) bond motifs is 1. The third-order valence-corrected chi connectivity index (χ3v) is 7.29. The molecule has 0 amide bonds. The second-order valence-corrected chi connectivity index (χ2v) is 10.5. The minimum atomic E-state index is -2.31. The zero-order valence-corrected chi connectivity index (χ0v) is 26.4. The first-order chi connectivity index (χ1) is 21.9. The molecule has 46 heavy (non-hydrogen) atoms. The fourth-order valence-electron chi connectivity index (χ4n) is 5.21. The molecule has 16 heteroatoms. The highest BCUT2D eigenvalue weighted by molar-refractivity contribution is 6.28. The molecule has 1 aliphatic rings. The van der Waals surface area contributed by atoms with Gasteiger partial charge in [-0.15, -0.1) is 0 Å². The first kappa shape index (κ1) is 34.3. The Morgan fingerprint density at radius 1 is 1.09 bits per heavy atom. The average Bonchev–Trinajstić information content (AvgIpc) is 3.54. The maximum Gasteiger partial charge on any atom is 0.350 e. The number of halogens is 1. The maximum atomic E-state index is 13.6. The van der Waals surface area contributed by atoms with Crippen molar-refractivity contribution in [2.45, 2.75) is 63.8 Å². The summed E-state index contributed by atoms with van der Waals surface area (Å²) >= 11 is 6.08. The largest absolute Gasteiger partial charge is 0.463 e. The van der Waals surface area contributed by atoms with Gasteiger partial charge in [0.15, 0.2) is 29.4 Å². The van der Waals surface area contributed by atoms with Gasteiger partial charge < -0.3 is 34.2 Å². The van der Waals surface area contributed by atoms with Crippen LogP contribution in [0.1, 0.15) is 39.5 Å². The zero-order chi connectivity index (χ0) is 33.6. The van der Waals surface area contributed by atoms with E-state index < -0.39 is 60.1 Å². The van der Waals surface area contributed by atoms with E-state index in [0.717, 1.165) is 13.8 Å². The van der Waals surface area contributed by atoms with Crippen LogP contribution in [0.4, 0.5) is 5.82 Å². The van der Waals surface area contributed by atoms with Gasteiger partial charge in [0.1, 0.15) is 11.6 Å². The van der Waals surface area contributed by atoms with Crippen molar-refractivity contribution in [3.05, 3.63) is 60.2 Å². The number of hydrogen-bond donors (Lipinski definition) is 1. The fourth-order valence-corrected chi connectivity index (χ4v) is 5.39. The number of ether oxygens (including phenoxy) is 6. The summed E-state index contributed by atoms with van der Waals surface area (Å²) in [5.74, 6) is -3.60. The van der Waals surface area contributed by atoms with E-state index in [0.29, 0.717) is 5.56 Å². The van der Waals surface area contributed by atoms with E-state index in [-0.39, 0.29) is 41.9 Å². The number of esters is 4. The van der Waals surface area contributed by atoms with E-state index in [2.05, 4.69) is 21.5 Å². The van der Waals surface area contributed by atoms with Gasteiger partial charge in [-0.05, 0) is 37.1 Å². The number of nitrogens with two attached hydrogens (primary N) is 1. The van der Waals surface area contributed by atoms with Gasteiger partial charge in [-0.25, -0.2) is 14.6 Å². The molecule has 3 heterocycles. The number of benzene rings is 1. The number of aromatic nitrogens is 4. The third-order valence-electron chi connectivity index (χ3n) is 7.13. The lowest BCUT2D eigenvalue weighted by Crippen LogP contribution is -2.57. The Morgan fingerprint density at radius 2 is 1.74 bits per heavy atom. The van der Waals surface area contributed by atoms with Crippen molar-refractivity contribution in [2.24, 2.45) is 0 Å². The number of anilines is 1. The van der Waals surface area contributed by atoms with Gasteiger partial charge in [0.2, 0.25) is 5.28 Å². The number of rotatable bonds is 13. The molecule has 4 rings (SSSR count). The Hall–Kier alpha value is -4.60. The number of nitrogens with zero attached hydrogens (tertiary/aromatic N) is 4. The van der Waals surface area contributed by atoms with Crippen molar-refractivity contribution in [3.8, 4) is 0 Å². The average molecular weight is 660 g/mol. The summed E-state index contributed by atoms with van der Waals surface area (Å²) in [6, 6.07) is 8.63. The van der Waals surface area contributed by atoms with Crippen LogP contribution in [-0.4, -0.2) is 86.6 Å². The summed E-state index contributed by atoms with van der Waals surface area (Å²) in [6.45, 7) is 8.55. The highest BCUT2D eigenvalue weighted by atomic mass is 35.5. The van der Waals surface area contributed by atoms with Crippen molar-refractivity contribution in [1.29, 1.82) is 0 Å². The molecule has 0 bridgehead atoms. The van der Waals surface area contributed by atoms with Crippen LogP contribution in [0, 0.1) is 0 Å². The van der Waals surface area contributed by atoms with Crippen LogP contribution in [-0.2, 0) is 54.0 Å². The molecule has 3 aromatic rings. The molecule has 2 N–H and O–H groups in total. The molecule has 1 saturated heterocycles. The molecule has 1 aliphatic heterocycles. The summed E-state index contributed by atoms with van der Waals surface area (Å²) in [5, 5.41) is -0.196. The molecule has 1 fully saturated rings. The fraction of sp³-hybridized carbons (Fsp3) is 0.433. The lowest BCUT2D eigenvalue weighted by molar-refractivity contribution is -0.201. The Kier molecular flexibility index (Phi) is 10.6. The van der Waals surface area contributed by atoms with Crippen LogP contribution < -0.4 is 5.73 Å². The number of nitrogen functional groups attached to an aromatic ring is 1. The SMILES string of the molecule is C=C[C@@]1(OC(C)=O)[C@@H](COC(Cc2ccccc2)(C(=O)OCC)C(=O)OCC)O[C@@H](n2cnc3c(N)nc(Cl)nc32)[C@@H]1OC(C)=O.